The Hall–Kier alpha value is -2.18. The molecule has 1 unspecified atom stereocenters. The van der Waals surface area contributed by atoms with Gasteiger partial charge in [0.2, 0.25) is 0 Å². The average molecular weight is 273 g/mol. The van der Waals surface area contributed by atoms with Crippen LogP contribution in [0.25, 0.3) is 0 Å². The molecule has 2 aromatic rings. The molecule has 4 heteroatoms. The number of nitrogens with zero attached hydrogens (tertiary/aromatic N) is 1. The predicted molar refractivity (Wildman–Crippen MR) is 76.4 cm³/mol. The van der Waals surface area contributed by atoms with E-state index in [1.807, 2.05) is 36.4 Å². The number of ether oxygens (including phenoxy) is 1. The summed E-state index contributed by atoms with van der Waals surface area (Å²) in [6, 6.07) is 16.5. The zero-order valence-corrected chi connectivity index (χ0v) is 11.2. The molecule has 0 fully saturated rings. The lowest BCUT2D eigenvalue weighted by Gasteiger charge is -2.14. The number of anilines is 1. The summed E-state index contributed by atoms with van der Waals surface area (Å²) in [5.41, 5.74) is 1.70. The molecule has 0 aliphatic carbocycles. The van der Waals surface area contributed by atoms with Gasteiger partial charge in [-0.2, -0.15) is 5.26 Å². The van der Waals surface area contributed by atoms with E-state index in [-0.39, 0.29) is 0 Å². The molecule has 0 spiro atoms. The highest BCUT2D eigenvalue weighted by molar-refractivity contribution is 6.30. The monoisotopic (exact) mass is 272 g/mol. The minimum absolute atomic E-state index is 0.434. The molecule has 3 nitrogen and oxygen atoms in total. The van der Waals surface area contributed by atoms with Crippen molar-refractivity contribution < 1.29 is 4.74 Å². The van der Waals surface area contributed by atoms with Crippen molar-refractivity contribution in [2.45, 2.75) is 6.04 Å². The molecule has 2 rings (SSSR count). The maximum absolute atomic E-state index is 9.28. The van der Waals surface area contributed by atoms with Gasteiger partial charge in [-0.05, 0) is 42.0 Å². The molecule has 0 saturated carbocycles. The van der Waals surface area contributed by atoms with Gasteiger partial charge < -0.3 is 10.1 Å². The lowest BCUT2D eigenvalue weighted by molar-refractivity contribution is 0.414. The van der Waals surface area contributed by atoms with Crippen molar-refractivity contribution in [1.82, 2.24) is 0 Å². The van der Waals surface area contributed by atoms with Crippen LogP contribution in [-0.2, 0) is 0 Å². The van der Waals surface area contributed by atoms with Gasteiger partial charge in [-0.15, -0.1) is 0 Å². The van der Waals surface area contributed by atoms with E-state index in [9.17, 15) is 5.26 Å². The molecule has 0 aliphatic rings. The number of hydrogen-bond acceptors (Lipinski definition) is 3. The summed E-state index contributed by atoms with van der Waals surface area (Å²) < 4.78 is 5.16. The molecular weight excluding hydrogens is 260 g/mol. The first-order valence-corrected chi connectivity index (χ1v) is 6.16. The zero-order chi connectivity index (χ0) is 13.7. The third kappa shape index (κ3) is 3.40. The fraction of sp³-hybridized carbons (Fsp3) is 0.133. The Morgan fingerprint density at radius 3 is 2.58 bits per heavy atom. The lowest BCUT2D eigenvalue weighted by atomic mass is 10.1. The van der Waals surface area contributed by atoms with E-state index in [0.717, 1.165) is 17.0 Å². The normalized spacial score (nSPS) is 11.4. The largest absolute Gasteiger partial charge is 0.497 e. The van der Waals surface area contributed by atoms with Crippen molar-refractivity contribution in [2.75, 3.05) is 12.4 Å². The van der Waals surface area contributed by atoms with Crippen molar-refractivity contribution in [3.05, 3.63) is 59.1 Å². The summed E-state index contributed by atoms with van der Waals surface area (Å²) in [7, 11) is 1.60. The Labute approximate surface area is 117 Å². The molecule has 0 radical (unpaired) electrons. The second kappa shape index (κ2) is 6.12. The van der Waals surface area contributed by atoms with Gasteiger partial charge >= 0.3 is 0 Å². The summed E-state index contributed by atoms with van der Waals surface area (Å²) in [5, 5.41) is 13.1. The summed E-state index contributed by atoms with van der Waals surface area (Å²) in [6.07, 6.45) is 0. The molecule has 1 atom stereocenters. The number of rotatable bonds is 4. The highest BCUT2D eigenvalue weighted by atomic mass is 35.5. The Morgan fingerprint density at radius 1 is 1.21 bits per heavy atom. The molecule has 0 aliphatic heterocycles. The first-order valence-electron chi connectivity index (χ1n) is 5.78. The van der Waals surface area contributed by atoms with Gasteiger partial charge in [0.05, 0.1) is 13.2 Å². The topological polar surface area (TPSA) is 45.0 Å². The number of halogens is 1. The van der Waals surface area contributed by atoms with Crippen LogP contribution in [0.5, 0.6) is 5.75 Å². The second-order valence-electron chi connectivity index (χ2n) is 3.99. The number of nitriles is 1. The molecule has 1 N–H and O–H groups in total. The molecule has 0 saturated heterocycles. The molecule has 2 aromatic carbocycles. The Morgan fingerprint density at radius 2 is 1.95 bits per heavy atom. The molecule has 19 heavy (non-hydrogen) atoms. The van der Waals surface area contributed by atoms with Crippen LogP contribution in [0.2, 0.25) is 5.02 Å². The van der Waals surface area contributed by atoms with Gasteiger partial charge in [0, 0.05) is 10.7 Å². The molecule has 0 amide bonds. The number of hydrogen-bond donors (Lipinski definition) is 1. The number of benzene rings is 2. The highest BCUT2D eigenvalue weighted by Gasteiger charge is 2.10. The fourth-order valence-electron chi connectivity index (χ4n) is 1.72. The van der Waals surface area contributed by atoms with E-state index in [0.29, 0.717) is 5.02 Å². The Bertz CT molecular complexity index is 590. The zero-order valence-electron chi connectivity index (χ0n) is 10.4. The van der Waals surface area contributed by atoms with Gasteiger partial charge in [0.1, 0.15) is 11.8 Å². The van der Waals surface area contributed by atoms with E-state index < -0.39 is 6.04 Å². The molecule has 96 valence electrons. The van der Waals surface area contributed by atoms with Crippen molar-refractivity contribution in [3.63, 3.8) is 0 Å². The van der Waals surface area contributed by atoms with Crippen molar-refractivity contribution in [1.29, 1.82) is 5.26 Å². The minimum atomic E-state index is -0.434. The first-order chi connectivity index (χ1) is 9.22. The summed E-state index contributed by atoms with van der Waals surface area (Å²) >= 11 is 5.83. The Balaban J connectivity index is 2.20. The van der Waals surface area contributed by atoms with Gasteiger partial charge in [0.25, 0.3) is 0 Å². The van der Waals surface area contributed by atoms with Gasteiger partial charge in [-0.1, -0.05) is 23.7 Å². The van der Waals surface area contributed by atoms with Gasteiger partial charge in [0.15, 0.2) is 0 Å². The van der Waals surface area contributed by atoms with E-state index in [4.69, 9.17) is 16.3 Å². The minimum Gasteiger partial charge on any atom is -0.497 e. The third-order valence-corrected chi connectivity index (χ3v) is 2.96. The number of nitrogens with one attached hydrogen (secondary N) is 1. The van der Waals surface area contributed by atoms with Gasteiger partial charge in [-0.25, -0.2) is 0 Å². The van der Waals surface area contributed by atoms with Crippen LogP contribution >= 0.6 is 11.6 Å². The highest BCUT2D eigenvalue weighted by Crippen LogP contribution is 2.23. The molecular formula is C15H13ClN2O. The second-order valence-corrected chi connectivity index (χ2v) is 4.43. The van der Waals surface area contributed by atoms with Crippen LogP contribution in [0.4, 0.5) is 5.69 Å². The predicted octanol–water partition coefficient (Wildman–Crippen LogP) is 4.03. The standard InChI is InChI=1S/C15H13ClN2O/c1-19-14-4-2-3-11(9-14)15(10-17)18-13-7-5-12(16)6-8-13/h2-9,15,18H,1H3. The summed E-state index contributed by atoms with van der Waals surface area (Å²) in [6.45, 7) is 0. The van der Waals surface area contributed by atoms with E-state index in [2.05, 4.69) is 11.4 Å². The Kier molecular flexibility index (Phi) is 4.27. The van der Waals surface area contributed by atoms with E-state index in [1.54, 1.807) is 19.2 Å². The third-order valence-electron chi connectivity index (χ3n) is 2.71. The van der Waals surface area contributed by atoms with Crippen LogP contribution in [0.3, 0.4) is 0 Å². The van der Waals surface area contributed by atoms with Gasteiger partial charge in [-0.3, -0.25) is 0 Å². The fourth-order valence-corrected chi connectivity index (χ4v) is 1.85. The lowest BCUT2D eigenvalue weighted by Crippen LogP contribution is -2.08. The van der Waals surface area contributed by atoms with Crippen LogP contribution in [0.15, 0.2) is 48.5 Å². The summed E-state index contributed by atoms with van der Waals surface area (Å²) in [4.78, 5) is 0. The van der Waals surface area contributed by atoms with Crippen LogP contribution in [0.1, 0.15) is 11.6 Å². The maximum Gasteiger partial charge on any atom is 0.140 e. The quantitative estimate of drug-likeness (QED) is 0.914. The smallest absolute Gasteiger partial charge is 0.140 e. The summed E-state index contributed by atoms with van der Waals surface area (Å²) in [5.74, 6) is 0.732. The van der Waals surface area contributed by atoms with Crippen LogP contribution in [-0.4, -0.2) is 7.11 Å². The first kappa shape index (κ1) is 13.3. The molecule has 0 heterocycles. The maximum atomic E-state index is 9.28. The van der Waals surface area contributed by atoms with E-state index in [1.165, 1.54) is 0 Å². The van der Waals surface area contributed by atoms with Crippen molar-refractivity contribution in [3.8, 4) is 11.8 Å². The van der Waals surface area contributed by atoms with Crippen LogP contribution < -0.4 is 10.1 Å². The average Bonchev–Trinajstić information content (AvgIpc) is 2.46. The SMILES string of the molecule is COc1cccc(C(C#N)Nc2ccc(Cl)cc2)c1. The molecule has 0 bridgehead atoms. The number of methoxy groups -OCH3 is 1. The molecule has 0 aromatic heterocycles. The van der Waals surface area contributed by atoms with Crippen LogP contribution in [0, 0.1) is 11.3 Å². The van der Waals surface area contributed by atoms with E-state index >= 15 is 0 Å². The van der Waals surface area contributed by atoms with Crippen molar-refractivity contribution in [2.24, 2.45) is 0 Å². The van der Waals surface area contributed by atoms with Crippen molar-refractivity contribution >= 4 is 17.3 Å².